The second-order valence-electron chi connectivity index (χ2n) is 5.56. The molecule has 0 spiro atoms. The number of hydrogen-bond acceptors (Lipinski definition) is 2. The van der Waals surface area contributed by atoms with Crippen molar-refractivity contribution in [3.05, 3.63) is 34.6 Å². The molecular weight excluding hydrogens is 279 g/mol. The first-order valence-electron chi connectivity index (χ1n) is 6.93. The number of nitrogens with two attached hydrogens (primary N) is 1. The fourth-order valence-corrected chi connectivity index (χ4v) is 3.15. The summed E-state index contributed by atoms with van der Waals surface area (Å²) >= 11 is 6.17. The fraction of sp³-hybridized carbons (Fsp3) is 0.533. The Morgan fingerprint density at radius 1 is 1.45 bits per heavy atom. The lowest BCUT2D eigenvalue weighted by Gasteiger charge is -2.37. The Labute approximate surface area is 123 Å². The van der Waals surface area contributed by atoms with Crippen molar-refractivity contribution in [2.75, 3.05) is 0 Å². The molecular formula is C15H20ClFN2O. The highest BCUT2D eigenvalue weighted by atomic mass is 35.5. The van der Waals surface area contributed by atoms with E-state index in [0.29, 0.717) is 11.4 Å². The molecule has 2 unspecified atom stereocenters. The maximum absolute atomic E-state index is 13.2. The van der Waals surface area contributed by atoms with Gasteiger partial charge in [0.05, 0.1) is 6.04 Å². The largest absolute Gasteiger partial charge is 0.332 e. The molecule has 5 heteroatoms. The third-order valence-electron chi connectivity index (χ3n) is 3.76. The van der Waals surface area contributed by atoms with E-state index < -0.39 is 0 Å². The summed E-state index contributed by atoms with van der Waals surface area (Å²) in [7, 11) is 0. The van der Waals surface area contributed by atoms with Crippen molar-refractivity contribution in [2.45, 2.75) is 51.2 Å². The predicted octanol–water partition coefficient (Wildman–Crippen LogP) is 3.27. The van der Waals surface area contributed by atoms with E-state index in [9.17, 15) is 9.18 Å². The highest BCUT2D eigenvalue weighted by Crippen LogP contribution is 2.35. The topological polar surface area (TPSA) is 46.3 Å². The van der Waals surface area contributed by atoms with Crippen molar-refractivity contribution >= 4 is 17.5 Å². The molecule has 1 fully saturated rings. The number of likely N-dealkylation sites (tertiary alicyclic amines) is 1. The van der Waals surface area contributed by atoms with E-state index in [1.807, 2.05) is 13.8 Å². The van der Waals surface area contributed by atoms with E-state index in [1.54, 1.807) is 11.0 Å². The third-order valence-corrected chi connectivity index (χ3v) is 4.09. The molecule has 1 aromatic rings. The van der Waals surface area contributed by atoms with Gasteiger partial charge in [-0.15, -0.1) is 0 Å². The molecule has 110 valence electrons. The second-order valence-corrected chi connectivity index (χ2v) is 5.97. The van der Waals surface area contributed by atoms with Crippen LogP contribution in [0.5, 0.6) is 0 Å². The SMILES string of the molecule is CC(C)N1C(=O)CCCC(N)C1c1ccc(F)cc1Cl. The molecule has 2 N–H and O–H groups in total. The van der Waals surface area contributed by atoms with Gasteiger partial charge in [-0.05, 0) is 44.4 Å². The first kappa shape index (κ1) is 15.3. The molecule has 0 aliphatic carbocycles. The number of carbonyl (C=O) groups is 1. The average molecular weight is 299 g/mol. The number of rotatable bonds is 2. The van der Waals surface area contributed by atoms with Crippen LogP contribution in [0.25, 0.3) is 0 Å². The zero-order chi connectivity index (χ0) is 14.9. The van der Waals surface area contributed by atoms with E-state index >= 15 is 0 Å². The van der Waals surface area contributed by atoms with Crippen LogP contribution < -0.4 is 5.73 Å². The minimum absolute atomic E-state index is 0.0257. The number of benzene rings is 1. The molecule has 0 aromatic heterocycles. The summed E-state index contributed by atoms with van der Waals surface area (Å²) in [5.41, 5.74) is 6.99. The van der Waals surface area contributed by atoms with Crippen molar-refractivity contribution in [3.8, 4) is 0 Å². The van der Waals surface area contributed by atoms with Gasteiger partial charge in [0.25, 0.3) is 0 Å². The molecule has 20 heavy (non-hydrogen) atoms. The van der Waals surface area contributed by atoms with E-state index in [4.69, 9.17) is 17.3 Å². The van der Waals surface area contributed by atoms with Gasteiger partial charge in [0, 0.05) is 23.5 Å². The van der Waals surface area contributed by atoms with Gasteiger partial charge in [0.15, 0.2) is 0 Å². The summed E-state index contributed by atoms with van der Waals surface area (Å²) < 4.78 is 13.2. The molecule has 0 radical (unpaired) electrons. The summed E-state index contributed by atoms with van der Waals surface area (Å²) in [5, 5.41) is 0.325. The fourth-order valence-electron chi connectivity index (χ4n) is 2.87. The van der Waals surface area contributed by atoms with Gasteiger partial charge >= 0.3 is 0 Å². The molecule has 1 amide bonds. The van der Waals surface area contributed by atoms with Crippen LogP contribution in [-0.2, 0) is 4.79 Å². The molecule has 1 aliphatic heterocycles. The quantitative estimate of drug-likeness (QED) is 0.911. The standard InChI is InChI=1S/C15H20ClFN2O/c1-9(2)19-14(20)5-3-4-13(18)15(19)11-7-6-10(17)8-12(11)16/h6-9,13,15H,3-5,18H2,1-2H3. The van der Waals surface area contributed by atoms with Gasteiger partial charge in [-0.25, -0.2) is 4.39 Å². The van der Waals surface area contributed by atoms with Crippen LogP contribution in [0.3, 0.4) is 0 Å². The number of nitrogens with zero attached hydrogens (tertiary/aromatic N) is 1. The molecule has 0 saturated carbocycles. The van der Waals surface area contributed by atoms with Crippen LogP contribution in [0.15, 0.2) is 18.2 Å². The van der Waals surface area contributed by atoms with E-state index in [2.05, 4.69) is 0 Å². The first-order valence-corrected chi connectivity index (χ1v) is 7.31. The lowest BCUT2D eigenvalue weighted by atomic mass is 9.95. The summed E-state index contributed by atoms with van der Waals surface area (Å²) in [6.07, 6.45) is 2.03. The van der Waals surface area contributed by atoms with Crippen molar-refractivity contribution in [2.24, 2.45) is 5.73 Å². The van der Waals surface area contributed by atoms with Crippen LogP contribution in [0.4, 0.5) is 4.39 Å². The monoisotopic (exact) mass is 298 g/mol. The van der Waals surface area contributed by atoms with E-state index in [-0.39, 0.29) is 29.8 Å². The zero-order valence-electron chi connectivity index (χ0n) is 11.8. The number of amides is 1. The highest BCUT2D eigenvalue weighted by molar-refractivity contribution is 6.31. The van der Waals surface area contributed by atoms with Gasteiger partial charge in [-0.3, -0.25) is 4.79 Å². The van der Waals surface area contributed by atoms with Gasteiger partial charge in [0.1, 0.15) is 5.82 Å². The minimum Gasteiger partial charge on any atom is -0.332 e. The second kappa shape index (κ2) is 6.10. The maximum Gasteiger partial charge on any atom is 0.223 e. The Balaban J connectivity index is 2.48. The van der Waals surface area contributed by atoms with Gasteiger partial charge < -0.3 is 10.6 Å². The zero-order valence-corrected chi connectivity index (χ0v) is 12.5. The molecule has 1 aromatic carbocycles. The molecule has 1 heterocycles. The summed E-state index contributed by atoms with van der Waals surface area (Å²) in [4.78, 5) is 14.1. The normalized spacial score (nSPS) is 24.1. The van der Waals surface area contributed by atoms with Gasteiger partial charge in [-0.1, -0.05) is 17.7 Å². The van der Waals surface area contributed by atoms with Crippen LogP contribution >= 0.6 is 11.6 Å². The number of hydrogen-bond donors (Lipinski definition) is 1. The van der Waals surface area contributed by atoms with Crippen LogP contribution in [-0.4, -0.2) is 22.9 Å². The highest BCUT2D eigenvalue weighted by Gasteiger charge is 2.35. The molecule has 1 saturated heterocycles. The summed E-state index contributed by atoms with van der Waals surface area (Å²) in [6.45, 7) is 3.92. The lowest BCUT2D eigenvalue weighted by molar-refractivity contribution is -0.135. The molecule has 2 rings (SSSR count). The Bertz CT molecular complexity index is 507. The van der Waals surface area contributed by atoms with Crippen molar-refractivity contribution in [3.63, 3.8) is 0 Å². The van der Waals surface area contributed by atoms with Crippen molar-refractivity contribution in [1.82, 2.24) is 4.90 Å². The maximum atomic E-state index is 13.2. The molecule has 2 atom stereocenters. The van der Waals surface area contributed by atoms with Crippen molar-refractivity contribution in [1.29, 1.82) is 0 Å². The summed E-state index contributed by atoms with van der Waals surface area (Å²) in [5.74, 6) is -0.304. The molecule has 0 bridgehead atoms. The van der Waals surface area contributed by atoms with E-state index in [1.165, 1.54) is 12.1 Å². The Morgan fingerprint density at radius 2 is 2.15 bits per heavy atom. The third kappa shape index (κ3) is 2.96. The van der Waals surface area contributed by atoms with Gasteiger partial charge in [-0.2, -0.15) is 0 Å². The average Bonchev–Trinajstić information content (AvgIpc) is 2.49. The van der Waals surface area contributed by atoms with Crippen LogP contribution in [0.1, 0.15) is 44.7 Å². The van der Waals surface area contributed by atoms with Crippen molar-refractivity contribution < 1.29 is 9.18 Å². The van der Waals surface area contributed by atoms with Gasteiger partial charge in [0.2, 0.25) is 5.91 Å². The van der Waals surface area contributed by atoms with Crippen LogP contribution in [0, 0.1) is 5.82 Å². The first-order chi connectivity index (χ1) is 9.41. The minimum atomic E-state index is -0.386. The molecule has 1 aliphatic rings. The Morgan fingerprint density at radius 3 is 2.75 bits per heavy atom. The predicted molar refractivity (Wildman–Crippen MR) is 78.0 cm³/mol. The lowest BCUT2D eigenvalue weighted by Crippen LogP contribution is -2.45. The Hall–Kier alpha value is -1.13. The van der Waals surface area contributed by atoms with E-state index in [0.717, 1.165) is 18.4 Å². The van der Waals surface area contributed by atoms with Crippen LogP contribution in [0.2, 0.25) is 5.02 Å². The smallest absolute Gasteiger partial charge is 0.223 e. The Kier molecular flexibility index (Phi) is 4.66. The summed E-state index contributed by atoms with van der Waals surface area (Å²) in [6, 6.07) is 3.82. The number of carbonyl (C=O) groups excluding carboxylic acids is 1. The molecule has 3 nitrogen and oxygen atoms in total. The number of halogens is 2.